The van der Waals surface area contributed by atoms with Crippen molar-refractivity contribution in [3.63, 3.8) is 0 Å². The maximum Gasteiger partial charge on any atom is 0.185 e. The fourth-order valence-corrected chi connectivity index (χ4v) is 2.01. The molecule has 0 amide bonds. The van der Waals surface area contributed by atoms with E-state index in [2.05, 4.69) is 13.8 Å². The Hall–Kier alpha value is 0.0200. The molecule has 0 saturated heterocycles. The van der Waals surface area contributed by atoms with Crippen molar-refractivity contribution < 1.29 is 4.79 Å². The van der Waals surface area contributed by atoms with Crippen LogP contribution in [0.4, 0.5) is 0 Å². The Morgan fingerprint density at radius 1 is 1.42 bits per heavy atom. The molecule has 1 nitrogen and oxygen atoms in total. The molecule has 0 aromatic heterocycles. The molecule has 0 rings (SSSR count). The maximum absolute atomic E-state index is 10.7. The Kier molecular flexibility index (Phi) is 7.67. The predicted octanol–water partition coefficient (Wildman–Crippen LogP) is 3.48. The van der Waals surface area contributed by atoms with Gasteiger partial charge < -0.3 is 0 Å². The number of unbranched alkanes of at least 4 members (excludes halogenated alkanes) is 1. The van der Waals surface area contributed by atoms with Gasteiger partial charge in [-0.15, -0.1) is 0 Å². The molecule has 0 aromatic carbocycles. The molecular formula is C10H20OS. The quantitative estimate of drug-likeness (QED) is 0.635. The Balaban J connectivity index is 3.45. The molecule has 0 aliphatic carbocycles. The van der Waals surface area contributed by atoms with Crippen molar-refractivity contribution in [2.24, 2.45) is 5.92 Å². The van der Waals surface area contributed by atoms with E-state index in [1.165, 1.54) is 37.4 Å². The van der Waals surface area contributed by atoms with Crippen molar-refractivity contribution in [3.8, 4) is 0 Å². The normalized spacial score (nSPS) is 12.9. The van der Waals surface area contributed by atoms with Crippen molar-refractivity contribution in [3.05, 3.63) is 0 Å². The summed E-state index contributed by atoms with van der Waals surface area (Å²) in [4.78, 5) is 10.7. The average molecular weight is 188 g/mol. The smallest absolute Gasteiger partial charge is 0.185 e. The fraction of sp³-hybridized carbons (Fsp3) is 0.900. The molecule has 2 heteroatoms. The first-order valence-electron chi connectivity index (χ1n) is 4.84. The van der Waals surface area contributed by atoms with Gasteiger partial charge >= 0.3 is 0 Å². The molecule has 0 saturated carbocycles. The second-order valence-electron chi connectivity index (χ2n) is 3.22. The molecule has 0 heterocycles. The van der Waals surface area contributed by atoms with Crippen LogP contribution in [-0.4, -0.2) is 10.9 Å². The van der Waals surface area contributed by atoms with Crippen LogP contribution in [0, 0.1) is 5.92 Å². The number of rotatable bonds is 6. The summed E-state index contributed by atoms with van der Waals surface area (Å²) in [6.45, 7) is 6.07. The summed E-state index contributed by atoms with van der Waals surface area (Å²) in [5.41, 5.74) is 0. The second kappa shape index (κ2) is 7.66. The minimum absolute atomic E-state index is 0.255. The van der Waals surface area contributed by atoms with E-state index in [4.69, 9.17) is 0 Å². The first kappa shape index (κ1) is 12.0. The highest BCUT2D eigenvalue weighted by atomic mass is 32.2. The van der Waals surface area contributed by atoms with Crippen molar-refractivity contribution in [1.29, 1.82) is 0 Å². The molecule has 0 aliphatic heterocycles. The molecule has 0 aromatic rings. The third-order valence-corrected chi connectivity index (χ3v) is 3.11. The summed E-state index contributed by atoms with van der Waals surface area (Å²) >= 11 is 1.48. The van der Waals surface area contributed by atoms with E-state index in [1.807, 2.05) is 0 Å². The van der Waals surface area contributed by atoms with Gasteiger partial charge in [0, 0.05) is 12.7 Å². The van der Waals surface area contributed by atoms with Gasteiger partial charge in [-0.3, -0.25) is 4.79 Å². The van der Waals surface area contributed by atoms with Gasteiger partial charge in [-0.05, 0) is 12.3 Å². The van der Waals surface area contributed by atoms with Crippen molar-refractivity contribution >= 4 is 16.9 Å². The molecule has 0 radical (unpaired) electrons. The van der Waals surface area contributed by atoms with Gasteiger partial charge in [0.1, 0.15) is 0 Å². The number of hydrogen-bond donors (Lipinski definition) is 0. The summed E-state index contributed by atoms with van der Waals surface area (Å²) in [5.74, 6) is 1.77. The molecular weight excluding hydrogens is 168 g/mol. The molecule has 1 atom stereocenters. The van der Waals surface area contributed by atoms with Crippen LogP contribution in [0.25, 0.3) is 0 Å². The second-order valence-corrected chi connectivity index (χ2v) is 4.42. The Labute approximate surface area is 80.3 Å². The van der Waals surface area contributed by atoms with Gasteiger partial charge in [0.15, 0.2) is 5.12 Å². The lowest BCUT2D eigenvalue weighted by Gasteiger charge is -2.11. The van der Waals surface area contributed by atoms with Gasteiger partial charge in [0.25, 0.3) is 0 Å². The average Bonchev–Trinajstić information content (AvgIpc) is 2.05. The molecule has 12 heavy (non-hydrogen) atoms. The minimum atomic E-state index is 0.255. The van der Waals surface area contributed by atoms with Crippen molar-refractivity contribution in [1.82, 2.24) is 0 Å². The Morgan fingerprint density at radius 3 is 2.50 bits per heavy atom. The van der Waals surface area contributed by atoms with Gasteiger partial charge in [-0.1, -0.05) is 44.9 Å². The number of carbonyl (C=O) groups excluding carboxylic acids is 1. The van der Waals surface area contributed by atoms with E-state index < -0.39 is 0 Å². The summed E-state index contributed by atoms with van der Waals surface area (Å²) in [5, 5.41) is 0.255. The number of carbonyl (C=O) groups is 1. The first-order valence-corrected chi connectivity index (χ1v) is 5.82. The molecule has 0 aliphatic rings. The summed E-state index contributed by atoms with van der Waals surface area (Å²) in [6, 6.07) is 0. The van der Waals surface area contributed by atoms with E-state index in [1.54, 1.807) is 6.92 Å². The van der Waals surface area contributed by atoms with Gasteiger partial charge in [-0.25, -0.2) is 0 Å². The van der Waals surface area contributed by atoms with E-state index in [0.717, 1.165) is 11.7 Å². The van der Waals surface area contributed by atoms with Crippen LogP contribution in [-0.2, 0) is 4.79 Å². The molecule has 72 valence electrons. The van der Waals surface area contributed by atoms with Crippen LogP contribution in [0.5, 0.6) is 0 Å². The zero-order valence-corrected chi connectivity index (χ0v) is 9.25. The van der Waals surface area contributed by atoms with Crippen LogP contribution < -0.4 is 0 Å². The van der Waals surface area contributed by atoms with E-state index in [0.29, 0.717) is 0 Å². The van der Waals surface area contributed by atoms with Crippen LogP contribution >= 0.6 is 11.8 Å². The van der Waals surface area contributed by atoms with Gasteiger partial charge in [0.2, 0.25) is 0 Å². The Bertz CT molecular complexity index is 123. The zero-order chi connectivity index (χ0) is 9.40. The third-order valence-electron chi connectivity index (χ3n) is 2.07. The number of hydrogen-bond acceptors (Lipinski definition) is 2. The highest BCUT2D eigenvalue weighted by molar-refractivity contribution is 8.13. The van der Waals surface area contributed by atoms with E-state index in [-0.39, 0.29) is 5.12 Å². The largest absolute Gasteiger partial charge is 0.288 e. The topological polar surface area (TPSA) is 17.1 Å². The molecule has 0 bridgehead atoms. The summed E-state index contributed by atoms with van der Waals surface area (Å²) in [7, 11) is 0. The lowest BCUT2D eigenvalue weighted by Crippen LogP contribution is -2.03. The van der Waals surface area contributed by atoms with E-state index in [9.17, 15) is 4.79 Å². The Morgan fingerprint density at radius 2 is 2.08 bits per heavy atom. The standard InChI is InChI=1S/C10H20OS/c1-4-6-7-10(5-2)8-12-9(3)11/h10H,4-8H2,1-3H3. The lowest BCUT2D eigenvalue weighted by atomic mass is 10.0. The monoisotopic (exact) mass is 188 g/mol. The third kappa shape index (κ3) is 6.71. The maximum atomic E-state index is 10.7. The van der Waals surface area contributed by atoms with Crippen LogP contribution in [0.1, 0.15) is 46.5 Å². The van der Waals surface area contributed by atoms with Crippen LogP contribution in [0.2, 0.25) is 0 Å². The molecule has 1 unspecified atom stereocenters. The lowest BCUT2D eigenvalue weighted by molar-refractivity contribution is -0.109. The predicted molar refractivity (Wildman–Crippen MR) is 56.4 cm³/mol. The van der Waals surface area contributed by atoms with Crippen LogP contribution in [0.3, 0.4) is 0 Å². The molecule has 0 spiro atoms. The van der Waals surface area contributed by atoms with Crippen LogP contribution in [0.15, 0.2) is 0 Å². The fourth-order valence-electron chi connectivity index (χ4n) is 1.13. The minimum Gasteiger partial charge on any atom is -0.288 e. The molecule has 0 fully saturated rings. The summed E-state index contributed by atoms with van der Waals surface area (Å²) < 4.78 is 0. The van der Waals surface area contributed by atoms with E-state index >= 15 is 0 Å². The van der Waals surface area contributed by atoms with Gasteiger partial charge in [0.05, 0.1) is 0 Å². The highest BCUT2D eigenvalue weighted by Gasteiger charge is 2.06. The summed E-state index contributed by atoms with van der Waals surface area (Å²) in [6.07, 6.45) is 5.06. The molecule has 0 N–H and O–H groups in total. The van der Waals surface area contributed by atoms with Gasteiger partial charge in [-0.2, -0.15) is 0 Å². The zero-order valence-electron chi connectivity index (χ0n) is 8.43. The SMILES string of the molecule is CCCCC(CC)CSC(C)=O. The van der Waals surface area contributed by atoms with Crippen molar-refractivity contribution in [2.75, 3.05) is 5.75 Å². The first-order chi connectivity index (χ1) is 5.70. The highest BCUT2D eigenvalue weighted by Crippen LogP contribution is 2.18. The number of thioether (sulfide) groups is 1. The van der Waals surface area contributed by atoms with Crippen molar-refractivity contribution in [2.45, 2.75) is 46.5 Å².